The summed E-state index contributed by atoms with van der Waals surface area (Å²) in [5.41, 5.74) is 0. The van der Waals surface area contributed by atoms with Crippen molar-refractivity contribution in [2.24, 2.45) is 0 Å². The summed E-state index contributed by atoms with van der Waals surface area (Å²) in [5.74, 6) is 0. The molecular weight excluding hydrogens is 409 g/mol. The lowest BCUT2D eigenvalue weighted by molar-refractivity contribution is 0.378. The number of hydrogen-bond donors (Lipinski definition) is 0. The lowest BCUT2D eigenvalue weighted by Gasteiger charge is -2.43. The highest BCUT2D eigenvalue weighted by atomic mass is 32.2. The van der Waals surface area contributed by atoms with Gasteiger partial charge in [0.25, 0.3) is 0 Å². The van der Waals surface area contributed by atoms with E-state index < -0.39 is 16.6 Å². The molecule has 0 bridgehead atoms. The van der Waals surface area contributed by atoms with Crippen LogP contribution >= 0.6 is 11.8 Å². The van der Waals surface area contributed by atoms with Gasteiger partial charge in [0.05, 0.1) is 0 Å². The van der Waals surface area contributed by atoms with Gasteiger partial charge >= 0.3 is 0 Å². The van der Waals surface area contributed by atoms with Gasteiger partial charge in [-0.2, -0.15) is 11.8 Å². The van der Waals surface area contributed by atoms with E-state index in [2.05, 4.69) is 53.3 Å². The summed E-state index contributed by atoms with van der Waals surface area (Å²) < 4.78 is 13.1. The molecule has 176 valence electrons. The fourth-order valence-corrected chi connectivity index (χ4v) is 19.5. The van der Waals surface area contributed by atoms with Gasteiger partial charge in [-0.15, -0.1) is 0 Å². The second-order valence-electron chi connectivity index (χ2n) is 8.94. The molecule has 29 heavy (non-hydrogen) atoms. The Labute approximate surface area is 190 Å². The third kappa shape index (κ3) is 9.38. The van der Waals surface area contributed by atoms with Crippen LogP contribution < -0.4 is 0 Å². The third-order valence-electron chi connectivity index (χ3n) is 6.65. The van der Waals surface area contributed by atoms with E-state index in [1.54, 1.807) is 0 Å². The van der Waals surface area contributed by atoms with Gasteiger partial charge < -0.3 is 8.85 Å². The monoisotopic (exact) mass is 462 g/mol. The van der Waals surface area contributed by atoms with Gasteiger partial charge in [-0.1, -0.05) is 92.9 Å². The molecule has 0 spiro atoms. The first-order valence-electron chi connectivity index (χ1n) is 12.7. The minimum absolute atomic E-state index is 0.727. The lowest BCUT2D eigenvalue weighted by atomic mass is 10.3. The summed E-state index contributed by atoms with van der Waals surface area (Å²) in [6, 6.07) is 5.29. The van der Waals surface area contributed by atoms with E-state index in [0.717, 1.165) is 9.75 Å². The van der Waals surface area contributed by atoms with Crippen LogP contribution in [-0.2, 0) is 8.85 Å². The van der Waals surface area contributed by atoms with Crippen LogP contribution in [0.15, 0.2) is 0 Å². The first-order chi connectivity index (χ1) is 14.0. The van der Waals surface area contributed by atoms with Crippen molar-refractivity contribution in [1.82, 2.24) is 0 Å². The standard InChI is InChI=1S/C24H54O2SSi2/c1-9-15-17-23(28(25-7,19-11-3)20-12-4)27-24(18-16-10-2)29(26-8,21-13-5)22-14-6/h23-24H,9-22H2,1-8H3. The highest BCUT2D eigenvalue weighted by molar-refractivity contribution is 8.03. The van der Waals surface area contributed by atoms with Gasteiger partial charge in [0.15, 0.2) is 0 Å². The van der Waals surface area contributed by atoms with E-state index in [0.29, 0.717) is 0 Å². The Morgan fingerprint density at radius 2 is 0.862 bits per heavy atom. The van der Waals surface area contributed by atoms with Crippen LogP contribution in [0.25, 0.3) is 0 Å². The molecule has 0 aliphatic carbocycles. The smallest absolute Gasteiger partial charge is 0.204 e. The third-order valence-corrected chi connectivity index (χ3v) is 21.1. The first kappa shape index (κ1) is 29.7. The highest BCUT2D eigenvalue weighted by Crippen LogP contribution is 2.43. The van der Waals surface area contributed by atoms with E-state index in [9.17, 15) is 0 Å². The van der Waals surface area contributed by atoms with Crippen LogP contribution in [0.4, 0.5) is 0 Å². The molecule has 2 nitrogen and oxygen atoms in total. The Balaban J connectivity index is 6.00. The normalized spacial score (nSPS) is 14.9. The van der Waals surface area contributed by atoms with Crippen LogP contribution in [0.3, 0.4) is 0 Å². The topological polar surface area (TPSA) is 18.5 Å². The van der Waals surface area contributed by atoms with E-state index in [1.165, 1.54) is 88.4 Å². The van der Waals surface area contributed by atoms with E-state index in [1.807, 2.05) is 14.2 Å². The molecule has 0 N–H and O–H groups in total. The van der Waals surface area contributed by atoms with Crippen molar-refractivity contribution in [2.45, 2.75) is 140 Å². The molecule has 0 rings (SSSR count). The molecule has 0 aromatic rings. The number of rotatable bonds is 20. The summed E-state index contributed by atoms with van der Waals surface area (Å²) >= 11 is 2.37. The van der Waals surface area contributed by atoms with Gasteiger partial charge in [0.1, 0.15) is 0 Å². The second kappa shape index (κ2) is 17.3. The zero-order valence-electron chi connectivity index (χ0n) is 21.3. The molecule has 0 aromatic heterocycles. The zero-order chi connectivity index (χ0) is 22.2. The van der Waals surface area contributed by atoms with Gasteiger partial charge in [0, 0.05) is 24.0 Å². The second-order valence-corrected chi connectivity index (χ2v) is 19.7. The highest BCUT2D eigenvalue weighted by Gasteiger charge is 2.47. The van der Waals surface area contributed by atoms with Gasteiger partial charge in [0.2, 0.25) is 16.6 Å². The van der Waals surface area contributed by atoms with E-state index in [-0.39, 0.29) is 0 Å². The van der Waals surface area contributed by atoms with Crippen LogP contribution in [0.1, 0.15) is 106 Å². The average molecular weight is 463 g/mol. The van der Waals surface area contributed by atoms with Crippen LogP contribution in [-0.4, -0.2) is 40.6 Å². The molecule has 0 aliphatic heterocycles. The maximum Gasteiger partial charge on any atom is 0.204 e. The summed E-state index contributed by atoms with van der Waals surface area (Å²) in [6.07, 6.45) is 13.0. The summed E-state index contributed by atoms with van der Waals surface area (Å²) in [7, 11) is 0.586. The van der Waals surface area contributed by atoms with Crippen molar-refractivity contribution in [3.63, 3.8) is 0 Å². The van der Waals surface area contributed by atoms with Crippen molar-refractivity contribution in [1.29, 1.82) is 0 Å². The van der Waals surface area contributed by atoms with Crippen molar-refractivity contribution in [3.8, 4) is 0 Å². The minimum atomic E-state index is -1.75. The summed E-state index contributed by atoms with van der Waals surface area (Å²) in [6.45, 7) is 14.1. The average Bonchev–Trinajstić information content (AvgIpc) is 2.72. The Hall–Kier alpha value is 0.704. The Kier molecular flexibility index (Phi) is 17.7. The van der Waals surface area contributed by atoms with Crippen LogP contribution in [0, 0.1) is 0 Å². The van der Waals surface area contributed by atoms with Gasteiger partial charge in [-0.3, -0.25) is 0 Å². The summed E-state index contributed by atoms with van der Waals surface area (Å²) in [4.78, 5) is 1.45. The zero-order valence-corrected chi connectivity index (χ0v) is 24.1. The van der Waals surface area contributed by atoms with Crippen molar-refractivity contribution in [3.05, 3.63) is 0 Å². The fraction of sp³-hybridized carbons (Fsp3) is 1.00. The van der Waals surface area contributed by atoms with Crippen molar-refractivity contribution in [2.75, 3.05) is 14.2 Å². The van der Waals surface area contributed by atoms with Crippen LogP contribution in [0.2, 0.25) is 24.2 Å². The fourth-order valence-electron chi connectivity index (χ4n) is 5.15. The largest absolute Gasteiger partial charge is 0.419 e. The molecule has 0 fully saturated rings. The van der Waals surface area contributed by atoms with E-state index >= 15 is 0 Å². The minimum Gasteiger partial charge on any atom is -0.419 e. The van der Waals surface area contributed by atoms with Crippen molar-refractivity contribution >= 4 is 28.4 Å². The number of hydrogen-bond acceptors (Lipinski definition) is 3. The maximum atomic E-state index is 6.54. The molecule has 0 amide bonds. The molecule has 0 aromatic carbocycles. The molecular formula is C24H54O2SSi2. The molecule has 0 saturated heterocycles. The first-order valence-corrected chi connectivity index (χ1v) is 18.5. The molecule has 0 radical (unpaired) electrons. The Morgan fingerprint density at radius 3 is 1.07 bits per heavy atom. The quantitative estimate of drug-likeness (QED) is 0.168. The molecule has 2 unspecified atom stereocenters. The molecule has 0 saturated carbocycles. The SMILES string of the molecule is CCCCC(SC(CCCC)[Si](CCC)(CCC)OC)[Si](CCC)(CCC)OC. The van der Waals surface area contributed by atoms with E-state index in [4.69, 9.17) is 8.85 Å². The number of unbranched alkanes of at least 4 members (excludes halogenated alkanes) is 2. The predicted molar refractivity (Wildman–Crippen MR) is 140 cm³/mol. The molecule has 0 aliphatic rings. The Morgan fingerprint density at radius 1 is 0.552 bits per heavy atom. The summed E-state index contributed by atoms with van der Waals surface area (Å²) in [5, 5.41) is 0. The molecule has 0 heterocycles. The number of thioether (sulfide) groups is 1. The molecule has 2 atom stereocenters. The Bertz CT molecular complexity index is 336. The van der Waals surface area contributed by atoms with Gasteiger partial charge in [-0.05, 0) is 37.0 Å². The lowest BCUT2D eigenvalue weighted by Crippen LogP contribution is -2.53. The van der Waals surface area contributed by atoms with Crippen molar-refractivity contribution < 1.29 is 8.85 Å². The van der Waals surface area contributed by atoms with Gasteiger partial charge in [-0.25, -0.2) is 0 Å². The molecule has 5 heteroatoms. The maximum absolute atomic E-state index is 6.54. The van der Waals surface area contributed by atoms with Crippen LogP contribution in [0.5, 0.6) is 0 Å². The predicted octanol–water partition coefficient (Wildman–Crippen LogP) is 8.74.